The van der Waals surface area contributed by atoms with Crippen molar-refractivity contribution in [3.8, 4) is 0 Å². The van der Waals surface area contributed by atoms with Gasteiger partial charge in [-0.05, 0) is 31.6 Å². The van der Waals surface area contributed by atoms with Crippen LogP contribution in [0.3, 0.4) is 0 Å². The third-order valence-electron chi connectivity index (χ3n) is 17.5. The van der Waals surface area contributed by atoms with Crippen LogP contribution in [0.15, 0.2) is 0 Å². The van der Waals surface area contributed by atoms with E-state index in [0.29, 0.717) is 25.7 Å². The van der Waals surface area contributed by atoms with Crippen molar-refractivity contribution < 1.29 is 80.2 Å². The van der Waals surface area contributed by atoms with Crippen molar-refractivity contribution in [2.45, 2.75) is 412 Å². The monoisotopic (exact) mass is 1380 g/mol. The molecule has 0 rings (SSSR count). The average Bonchev–Trinajstić information content (AvgIpc) is 3.11. The number of ether oxygens (including phenoxy) is 4. The SMILES string of the molecule is CCCCCCCCCCCCCCCCCC(=O)O[C@H](COC(=O)CCCCCCCCCCCCCC(C)C)COP(=O)(O)OC[C@@H](O)COP(=O)(O)OC[C@@H](COC(=O)CCCCCCCCCCCCC)OC(=O)CCCCCCCCCCCCCCCC. The lowest BCUT2D eigenvalue weighted by molar-refractivity contribution is -0.161. The van der Waals surface area contributed by atoms with Crippen molar-refractivity contribution in [3.63, 3.8) is 0 Å². The van der Waals surface area contributed by atoms with Gasteiger partial charge in [-0.25, -0.2) is 9.13 Å². The zero-order chi connectivity index (χ0) is 69.1. The van der Waals surface area contributed by atoms with Crippen molar-refractivity contribution >= 4 is 39.5 Å². The predicted molar refractivity (Wildman–Crippen MR) is 382 cm³/mol. The van der Waals surface area contributed by atoms with Crippen molar-refractivity contribution in [2.24, 2.45) is 5.92 Å². The molecular weight excluding hydrogens is 1230 g/mol. The van der Waals surface area contributed by atoms with Gasteiger partial charge >= 0.3 is 39.5 Å². The molecule has 0 aromatic rings. The Kier molecular flexibility index (Phi) is 66.8. The molecule has 94 heavy (non-hydrogen) atoms. The molecule has 3 N–H and O–H groups in total. The van der Waals surface area contributed by atoms with E-state index in [1.54, 1.807) is 0 Å². The van der Waals surface area contributed by atoms with Crippen LogP contribution in [-0.2, 0) is 65.4 Å². The van der Waals surface area contributed by atoms with Crippen LogP contribution < -0.4 is 0 Å². The average molecular weight is 1380 g/mol. The second-order valence-electron chi connectivity index (χ2n) is 27.5. The number of carbonyl (C=O) groups is 4. The normalized spacial score (nSPS) is 14.0. The number of phosphoric acid groups is 2. The van der Waals surface area contributed by atoms with E-state index in [1.807, 2.05) is 0 Å². The Morgan fingerprint density at radius 1 is 0.287 bits per heavy atom. The molecule has 0 aromatic carbocycles. The quantitative estimate of drug-likeness (QED) is 0.0222. The fourth-order valence-electron chi connectivity index (χ4n) is 11.5. The highest BCUT2D eigenvalue weighted by molar-refractivity contribution is 7.47. The van der Waals surface area contributed by atoms with Gasteiger partial charge in [0.2, 0.25) is 0 Å². The lowest BCUT2D eigenvalue weighted by Crippen LogP contribution is -2.30. The fourth-order valence-corrected chi connectivity index (χ4v) is 13.1. The van der Waals surface area contributed by atoms with E-state index in [-0.39, 0.29) is 25.7 Å². The topological polar surface area (TPSA) is 237 Å². The van der Waals surface area contributed by atoms with Gasteiger partial charge in [-0.1, -0.05) is 343 Å². The van der Waals surface area contributed by atoms with Crippen LogP contribution >= 0.6 is 15.6 Å². The van der Waals surface area contributed by atoms with Gasteiger partial charge in [0, 0.05) is 25.7 Å². The molecule has 0 fully saturated rings. The van der Waals surface area contributed by atoms with Crippen LogP contribution in [0.1, 0.15) is 394 Å². The van der Waals surface area contributed by atoms with E-state index in [4.69, 9.17) is 37.0 Å². The number of phosphoric ester groups is 2. The van der Waals surface area contributed by atoms with Gasteiger partial charge in [-0.15, -0.1) is 0 Å². The Labute approximate surface area is 575 Å². The van der Waals surface area contributed by atoms with Crippen LogP contribution in [0.4, 0.5) is 0 Å². The summed E-state index contributed by atoms with van der Waals surface area (Å²) in [6, 6.07) is 0. The maximum absolute atomic E-state index is 13.1. The van der Waals surface area contributed by atoms with Gasteiger partial charge in [0.25, 0.3) is 0 Å². The van der Waals surface area contributed by atoms with Gasteiger partial charge in [0.15, 0.2) is 12.2 Å². The summed E-state index contributed by atoms with van der Waals surface area (Å²) in [5.74, 6) is -1.34. The van der Waals surface area contributed by atoms with Gasteiger partial charge < -0.3 is 33.8 Å². The van der Waals surface area contributed by atoms with E-state index in [1.165, 1.54) is 218 Å². The number of carbonyl (C=O) groups excluding carboxylic acids is 4. The first-order valence-electron chi connectivity index (χ1n) is 39.1. The smallest absolute Gasteiger partial charge is 0.462 e. The van der Waals surface area contributed by atoms with Gasteiger partial charge in [0.1, 0.15) is 19.3 Å². The molecule has 19 heteroatoms. The molecule has 0 aliphatic rings. The summed E-state index contributed by atoms with van der Waals surface area (Å²) < 4.78 is 68.5. The molecule has 0 bridgehead atoms. The Morgan fingerprint density at radius 3 is 0.723 bits per heavy atom. The first-order chi connectivity index (χ1) is 45.5. The Balaban J connectivity index is 5.26. The highest BCUT2D eigenvalue weighted by Crippen LogP contribution is 2.45. The number of unbranched alkanes of at least 4 members (excludes halogenated alkanes) is 47. The minimum Gasteiger partial charge on any atom is -0.462 e. The van der Waals surface area contributed by atoms with Crippen molar-refractivity contribution in [1.29, 1.82) is 0 Å². The number of aliphatic hydroxyl groups is 1. The molecular formula is C75H146O17P2. The number of esters is 4. The highest BCUT2D eigenvalue weighted by atomic mass is 31.2. The summed E-state index contributed by atoms with van der Waals surface area (Å²) in [6.07, 6.45) is 56.6. The largest absolute Gasteiger partial charge is 0.472 e. The molecule has 0 spiro atoms. The van der Waals surface area contributed by atoms with Crippen LogP contribution in [0.2, 0.25) is 0 Å². The Hall–Kier alpha value is -1.94. The molecule has 0 saturated heterocycles. The van der Waals surface area contributed by atoms with Crippen LogP contribution in [0, 0.1) is 5.92 Å². The first kappa shape index (κ1) is 92.1. The molecule has 2 unspecified atom stereocenters. The molecule has 0 saturated carbocycles. The van der Waals surface area contributed by atoms with Crippen LogP contribution in [-0.4, -0.2) is 96.7 Å². The fraction of sp³-hybridized carbons (Fsp3) is 0.947. The molecule has 0 aliphatic carbocycles. The Bertz CT molecular complexity index is 1810. The van der Waals surface area contributed by atoms with Crippen molar-refractivity contribution in [3.05, 3.63) is 0 Å². The summed E-state index contributed by atoms with van der Waals surface area (Å²) in [5, 5.41) is 10.6. The van der Waals surface area contributed by atoms with Crippen molar-refractivity contribution in [2.75, 3.05) is 39.6 Å². The third-order valence-corrected chi connectivity index (χ3v) is 19.4. The van der Waals surface area contributed by atoms with Gasteiger partial charge in [-0.3, -0.25) is 37.3 Å². The molecule has 0 radical (unpaired) electrons. The number of hydrogen-bond donors (Lipinski definition) is 3. The van der Waals surface area contributed by atoms with E-state index < -0.39 is 97.5 Å². The number of hydrogen-bond acceptors (Lipinski definition) is 15. The summed E-state index contributed by atoms with van der Waals surface area (Å²) in [5.41, 5.74) is 0. The number of aliphatic hydroxyl groups excluding tert-OH is 1. The van der Waals surface area contributed by atoms with Crippen molar-refractivity contribution in [1.82, 2.24) is 0 Å². The lowest BCUT2D eigenvalue weighted by Gasteiger charge is -2.21. The molecule has 0 amide bonds. The Morgan fingerprint density at radius 2 is 0.489 bits per heavy atom. The van der Waals surface area contributed by atoms with Crippen LogP contribution in [0.5, 0.6) is 0 Å². The van der Waals surface area contributed by atoms with Gasteiger partial charge in [0.05, 0.1) is 26.4 Å². The highest BCUT2D eigenvalue weighted by Gasteiger charge is 2.30. The number of rotatable bonds is 75. The summed E-state index contributed by atoms with van der Waals surface area (Å²) >= 11 is 0. The third kappa shape index (κ3) is 68.6. The predicted octanol–water partition coefficient (Wildman–Crippen LogP) is 22.1. The second kappa shape index (κ2) is 68.2. The minimum atomic E-state index is -4.96. The molecule has 17 nitrogen and oxygen atoms in total. The standard InChI is InChI=1S/C75H146O17P2/c1-6-9-12-15-18-21-24-26-28-30-35-41-46-51-56-61-75(80)92-71(65-86-73(78)59-54-49-44-39-36-31-33-37-42-47-52-57-68(4)5)67-90-94(83,84)88-63-69(76)62-87-93(81,82)89-66-70(64-85-72(77)58-53-48-43-38-32-23-20-17-14-11-8-3)91-74(79)60-55-50-45-40-34-29-27-25-22-19-16-13-10-7-2/h68-71,76H,6-67H2,1-5H3,(H,81,82)(H,83,84)/t69-,70+,71+/m0/s1. The molecule has 0 heterocycles. The maximum Gasteiger partial charge on any atom is 0.472 e. The second-order valence-corrected chi connectivity index (χ2v) is 30.4. The van der Waals surface area contributed by atoms with E-state index in [9.17, 15) is 43.2 Å². The molecule has 0 aromatic heterocycles. The molecule has 0 aliphatic heterocycles. The first-order valence-corrected chi connectivity index (χ1v) is 42.1. The van der Waals surface area contributed by atoms with Crippen LogP contribution in [0.25, 0.3) is 0 Å². The van der Waals surface area contributed by atoms with E-state index >= 15 is 0 Å². The zero-order valence-electron chi connectivity index (χ0n) is 61.1. The molecule has 558 valence electrons. The maximum atomic E-state index is 13.1. The zero-order valence-corrected chi connectivity index (χ0v) is 62.9. The van der Waals surface area contributed by atoms with E-state index in [2.05, 4.69) is 34.6 Å². The summed E-state index contributed by atoms with van der Waals surface area (Å²) in [6.45, 7) is 7.30. The summed E-state index contributed by atoms with van der Waals surface area (Å²) in [7, 11) is -9.91. The van der Waals surface area contributed by atoms with E-state index in [0.717, 1.165) is 95.8 Å². The lowest BCUT2D eigenvalue weighted by atomic mass is 10.0. The summed E-state index contributed by atoms with van der Waals surface area (Å²) in [4.78, 5) is 72.8. The minimum absolute atomic E-state index is 0.108. The van der Waals surface area contributed by atoms with Gasteiger partial charge in [-0.2, -0.15) is 0 Å². The molecule has 5 atom stereocenters.